The molecule has 4 atom stereocenters. The second-order valence-corrected chi connectivity index (χ2v) is 8.22. The molecule has 1 fully saturated rings. The molecule has 26 heavy (non-hydrogen) atoms. The fourth-order valence-corrected chi connectivity index (χ4v) is 5.63. The van der Waals surface area contributed by atoms with Crippen molar-refractivity contribution < 1.29 is 19.1 Å². The summed E-state index contributed by atoms with van der Waals surface area (Å²) < 4.78 is 10.8. The largest absolute Gasteiger partial charge is 0.431 e. The fraction of sp³-hybridized carbons (Fsp3) is 0.545. The maximum atomic E-state index is 11.5. The predicted molar refractivity (Wildman–Crippen MR) is 97.6 cm³/mol. The zero-order valence-corrected chi connectivity index (χ0v) is 15.7. The van der Waals surface area contributed by atoms with Gasteiger partial charge in [-0.05, 0) is 79.2 Å². The third kappa shape index (κ3) is 2.76. The Kier molecular flexibility index (Phi) is 4.17. The van der Waals surface area contributed by atoms with Crippen molar-refractivity contribution in [2.45, 2.75) is 58.8 Å². The number of aryl methyl sites for hydroxylation is 1. The average molecular weight is 354 g/mol. The molecule has 0 saturated heterocycles. The van der Waals surface area contributed by atoms with Crippen LogP contribution in [0.3, 0.4) is 0 Å². The van der Waals surface area contributed by atoms with Crippen molar-refractivity contribution in [2.24, 2.45) is 17.3 Å². The number of allylic oxidation sites excluding steroid dienone is 2. The van der Waals surface area contributed by atoms with Crippen molar-refractivity contribution in [3.63, 3.8) is 0 Å². The lowest BCUT2D eigenvalue weighted by atomic mass is 9.55. The number of ether oxygens (including phenoxy) is 2. The van der Waals surface area contributed by atoms with Crippen LogP contribution in [0.5, 0.6) is 5.75 Å². The Balaban J connectivity index is 1.59. The normalized spacial score (nSPS) is 32.0. The molecule has 0 amide bonds. The third-order valence-electron chi connectivity index (χ3n) is 6.72. The molecule has 1 aromatic rings. The van der Waals surface area contributed by atoms with E-state index in [0.29, 0.717) is 23.5 Å². The second-order valence-electron chi connectivity index (χ2n) is 8.22. The molecule has 0 N–H and O–H groups in total. The molecule has 3 aliphatic rings. The first-order chi connectivity index (χ1) is 12.4. The van der Waals surface area contributed by atoms with E-state index in [2.05, 4.69) is 19.1 Å². The summed E-state index contributed by atoms with van der Waals surface area (Å²) in [5, 5.41) is 0. The number of esters is 2. The van der Waals surface area contributed by atoms with Crippen molar-refractivity contribution in [3.05, 3.63) is 41.2 Å². The van der Waals surface area contributed by atoms with Gasteiger partial charge in [-0.25, -0.2) is 0 Å². The van der Waals surface area contributed by atoms with Gasteiger partial charge >= 0.3 is 11.9 Å². The van der Waals surface area contributed by atoms with Crippen molar-refractivity contribution in [1.29, 1.82) is 0 Å². The van der Waals surface area contributed by atoms with E-state index in [0.717, 1.165) is 37.9 Å². The van der Waals surface area contributed by atoms with E-state index >= 15 is 0 Å². The molecule has 0 aliphatic heterocycles. The zero-order valence-electron chi connectivity index (χ0n) is 15.7. The van der Waals surface area contributed by atoms with E-state index in [1.165, 1.54) is 25.0 Å². The SMILES string of the molecule is CC(=O)OC1=CC[C@@H]2[C@@H]3CCc4cc(OC(C)=O)ccc4[C@H]3CC[C@]12C. The molecule has 1 saturated carbocycles. The number of rotatable bonds is 2. The lowest BCUT2D eigenvalue weighted by molar-refractivity contribution is -0.139. The molecular formula is C22H26O4. The monoisotopic (exact) mass is 354 g/mol. The van der Waals surface area contributed by atoms with Gasteiger partial charge in [-0.2, -0.15) is 0 Å². The van der Waals surface area contributed by atoms with E-state index in [4.69, 9.17) is 9.47 Å². The smallest absolute Gasteiger partial charge is 0.308 e. The van der Waals surface area contributed by atoms with Crippen LogP contribution in [0.15, 0.2) is 30.0 Å². The van der Waals surface area contributed by atoms with E-state index < -0.39 is 0 Å². The summed E-state index contributed by atoms with van der Waals surface area (Å²) in [7, 11) is 0. The molecular weight excluding hydrogens is 328 g/mol. The summed E-state index contributed by atoms with van der Waals surface area (Å²) in [4.78, 5) is 22.7. The maximum absolute atomic E-state index is 11.5. The summed E-state index contributed by atoms with van der Waals surface area (Å²) in [6, 6.07) is 6.12. The van der Waals surface area contributed by atoms with Crippen LogP contribution in [0, 0.1) is 17.3 Å². The van der Waals surface area contributed by atoms with Gasteiger partial charge in [0.2, 0.25) is 0 Å². The van der Waals surface area contributed by atoms with Crippen LogP contribution in [0.2, 0.25) is 0 Å². The molecule has 0 bridgehead atoms. The molecule has 1 aromatic carbocycles. The molecule has 0 spiro atoms. The molecule has 4 rings (SSSR count). The topological polar surface area (TPSA) is 52.6 Å². The number of hydrogen-bond acceptors (Lipinski definition) is 4. The average Bonchev–Trinajstić information content (AvgIpc) is 2.90. The minimum absolute atomic E-state index is 0.0119. The van der Waals surface area contributed by atoms with Crippen molar-refractivity contribution >= 4 is 11.9 Å². The van der Waals surface area contributed by atoms with Gasteiger partial charge in [-0.3, -0.25) is 9.59 Å². The second kappa shape index (κ2) is 6.26. The number of fused-ring (bicyclic) bond motifs is 5. The summed E-state index contributed by atoms with van der Waals surface area (Å²) in [6.07, 6.45) is 7.46. The molecule has 0 aromatic heterocycles. The Morgan fingerprint density at radius 2 is 1.88 bits per heavy atom. The van der Waals surface area contributed by atoms with Crippen LogP contribution >= 0.6 is 0 Å². The zero-order chi connectivity index (χ0) is 18.5. The highest BCUT2D eigenvalue weighted by Crippen LogP contribution is 2.61. The van der Waals surface area contributed by atoms with Gasteiger partial charge in [-0.1, -0.05) is 13.0 Å². The first-order valence-electron chi connectivity index (χ1n) is 9.59. The lowest BCUT2D eigenvalue weighted by Crippen LogP contribution is -2.41. The van der Waals surface area contributed by atoms with Gasteiger partial charge in [-0.15, -0.1) is 0 Å². The van der Waals surface area contributed by atoms with Gasteiger partial charge in [0.05, 0.1) is 0 Å². The van der Waals surface area contributed by atoms with E-state index in [-0.39, 0.29) is 17.4 Å². The Morgan fingerprint density at radius 3 is 2.62 bits per heavy atom. The van der Waals surface area contributed by atoms with Crippen LogP contribution in [0.25, 0.3) is 0 Å². The molecule has 3 aliphatic carbocycles. The standard InChI is InChI=1S/C22H26O4/c1-13(23)25-16-5-7-17-15(12-16)4-6-19-18(17)10-11-22(3)20(19)8-9-21(22)26-14(2)24/h5,7,9,12,18-20H,4,6,8,10-11H2,1-3H3/t18-,19-,20-,22+/m1/s1. The molecule has 4 heteroatoms. The van der Waals surface area contributed by atoms with Gasteiger partial charge in [0.1, 0.15) is 11.5 Å². The maximum Gasteiger partial charge on any atom is 0.308 e. The van der Waals surface area contributed by atoms with Crippen LogP contribution < -0.4 is 4.74 Å². The van der Waals surface area contributed by atoms with Gasteiger partial charge in [0.25, 0.3) is 0 Å². The Morgan fingerprint density at radius 1 is 1.12 bits per heavy atom. The first kappa shape index (κ1) is 17.3. The molecule has 138 valence electrons. The molecule has 0 radical (unpaired) electrons. The number of hydrogen-bond donors (Lipinski definition) is 0. The van der Waals surface area contributed by atoms with Crippen LogP contribution in [0.1, 0.15) is 63.5 Å². The first-order valence-corrected chi connectivity index (χ1v) is 9.59. The Labute approximate surface area is 154 Å². The minimum atomic E-state index is -0.276. The highest BCUT2D eigenvalue weighted by atomic mass is 16.5. The summed E-state index contributed by atoms with van der Waals surface area (Å²) >= 11 is 0. The van der Waals surface area contributed by atoms with Crippen molar-refractivity contribution in [3.8, 4) is 5.75 Å². The quantitative estimate of drug-likeness (QED) is 0.578. The van der Waals surface area contributed by atoms with E-state index in [1.54, 1.807) is 0 Å². The molecule has 0 unspecified atom stereocenters. The molecule has 4 nitrogen and oxygen atoms in total. The van der Waals surface area contributed by atoms with Crippen molar-refractivity contribution in [2.75, 3.05) is 0 Å². The van der Waals surface area contributed by atoms with Crippen LogP contribution in [-0.2, 0) is 20.7 Å². The minimum Gasteiger partial charge on any atom is -0.431 e. The number of carbonyl (C=O) groups excluding carboxylic acids is 2. The third-order valence-corrected chi connectivity index (χ3v) is 6.72. The van der Waals surface area contributed by atoms with Gasteiger partial charge < -0.3 is 9.47 Å². The Hall–Kier alpha value is -2.10. The highest BCUT2D eigenvalue weighted by molar-refractivity contribution is 5.69. The summed E-state index contributed by atoms with van der Waals surface area (Å²) in [6.45, 7) is 5.20. The predicted octanol–water partition coefficient (Wildman–Crippen LogP) is 4.52. The Bertz CT molecular complexity index is 793. The van der Waals surface area contributed by atoms with Crippen LogP contribution in [0.4, 0.5) is 0 Å². The number of carbonyl (C=O) groups is 2. The van der Waals surface area contributed by atoms with E-state index in [9.17, 15) is 9.59 Å². The lowest BCUT2D eigenvalue weighted by Gasteiger charge is -2.49. The van der Waals surface area contributed by atoms with Gasteiger partial charge in [0, 0.05) is 19.3 Å². The van der Waals surface area contributed by atoms with Crippen LogP contribution in [-0.4, -0.2) is 11.9 Å². The molecule has 0 heterocycles. The van der Waals surface area contributed by atoms with E-state index in [1.807, 2.05) is 12.1 Å². The summed E-state index contributed by atoms with van der Waals surface area (Å²) in [5.74, 6) is 2.75. The fourth-order valence-electron chi connectivity index (χ4n) is 5.63. The highest BCUT2D eigenvalue weighted by Gasteiger charge is 2.53. The van der Waals surface area contributed by atoms with Gasteiger partial charge in [0.15, 0.2) is 0 Å². The summed E-state index contributed by atoms with van der Waals surface area (Å²) in [5.41, 5.74) is 2.72. The number of benzene rings is 1. The van der Waals surface area contributed by atoms with Crippen molar-refractivity contribution in [1.82, 2.24) is 0 Å².